The van der Waals surface area contributed by atoms with Gasteiger partial charge in [-0.2, -0.15) is 0 Å². The van der Waals surface area contributed by atoms with Gasteiger partial charge in [0.2, 0.25) is 0 Å². The van der Waals surface area contributed by atoms with Gasteiger partial charge in [0, 0.05) is 0 Å². The summed E-state index contributed by atoms with van der Waals surface area (Å²) >= 11 is 0. The SMILES string of the molecule is CC(C)COC(=O)c1ccccc1C(=O)OCC(C)C.Cc1ccccc1. The summed E-state index contributed by atoms with van der Waals surface area (Å²) in [6.45, 7) is 10.6. The van der Waals surface area contributed by atoms with Gasteiger partial charge in [-0.15, -0.1) is 0 Å². The van der Waals surface area contributed by atoms with E-state index in [0.717, 1.165) is 0 Å². The molecule has 0 heterocycles. The molecule has 0 bridgehead atoms. The number of benzene rings is 2. The van der Waals surface area contributed by atoms with Crippen LogP contribution in [0.2, 0.25) is 0 Å². The molecule has 2 rings (SSSR count). The molecule has 0 radical (unpaired) electrons. The van der Waals surface area contributed by atoms with Gasteiger partial charge in [-0.3, -0.25) is 0 Å². The van der Waals surface area contributed by atoms with Crippen LogP contribution in [-0.4, -0.2) is 25.2 Å². The van der Waals surface area contributed by atoms with Crippen molar-refractivity contribution in [3.63, 3.8) is 0 Å². The third-order valence-corrected chi connectivity index (χ3v) is 3.40. The van der Waals surface area contributed by atoms with E-state index in [1.165, 1.54) is 5.56 Å². The second-order valence-electron chi connectivity index (χ2n) is 7.18. The predicted molar refractivity (Wildman–Crippen MR) is 108 cm³/mol. The first kappa shape index (κ1) is 22.4. The van der Waals surface area contributed by atoms with Crippen LogP contribution < -0.4 is 0 Å². The van der Waals surface area contributed by atoms with Crippen LogP contribution in [0.3, 0.4) is 0 Å². The molecule has 0 fully saturated rings. The first-order valence-electron chi connectivity index (χ1n) is 9.26. The maximum Gasteiger partial charge on any atom is 0.339 e. The summed E-state index contributed by atoms with van der Waals surface area (Å²) < 4.78 is 10.3. The Morgan fingerprint density at radius 2 is 1.07 bits per heavy atom. The van der Waals surface area contributed by atoms with Gasteiger partial charge in [-0.1, -0.05) is 75.7 Å². The van der Waals surface area contributed by atoms with E-state index in [9.17, 15) is 9.59 Å². The zero-order valence-corrected chi connectivity index (χ0v) is 16.9. The molecule has 0 amide bonds. The molecule has 4 heteroatoms. The minimum absolute atomic E-state index is 0.249. The fourth-order valence-corrected chi connectivity index (χ4v) is 2.01. The highest BCUT2D eigenvalue weighted by molar-refractivity contribution is 6.03. The van der Waals surface area contributed by atoms with Gasteiger partial charge >= 0.3 is 11.9 Å². The van der Waals surface area contributed by atoms with Gasteiger partial charge in [0.25, 0.3) is 0 Å². The number of carbonyl (C=O) groups excluding carboxylic acids is 2. The number of rotatable bonds is 6. The van der Waals surface area contributed by atoms with E-state index in [1.54, 1.807) is 24.3 Å². The van der Waals surface area contributed by atoms with Crippen molar-refractivity contribution in [2.45, 2.75) is 34.6 Å². The third-order valence-electron chi connectivity index (χ3n) is 3.40. The number of hydrogen-bond donors (Lipinski definition) is 0. The molecule has 0 saturated carbocycles. The van der Waals surface area contributed by atoms with Crippen LogP contribution in [-0.2, 0) is 9.47 Å². The van der Waals surface area contributed by atoms with E-state index in [-0.39, 0.29) is 23.0 Å². The van der Waals surface area contributed by atoms with Crippen molar-refractivity contribution in [1.29, 1.82) is 0 Å². The Bertz CT molecular complexity index is 662. The van der Waals surface area contributed by atoms with Crippen LogP contribution in [0.1, 0.15) is 54.0 Å². The highest BCUT2D eigenvalue weighted by atomic mass is 16.5. The van der Waals surface area contributed by atoms with Gasteiger partial charge in [-0.05, 0) is 30.9 Å². The Hall–Kier alpha value is -2.62. The fourth-order valence-electron chi connectivity index (χ4n) is 2.01. The molecule has 0 atom stereocenters. The number of hydrogen-bond acceptors (Lipinski definition) is 4. The van der Waals surface area contributed by atoms with Gasteiger partial charge in [0.05, 0.1) is 24.3 Å². The van der Waals surface area contributed by atoms with Gasteiger partial charge in [-0.25, -0.2) is 9.59 Å². The molecule has 0 saturated heterocycles. The summed E-state index contributed by atoms with van der Waals surface area (Å²) in [5.74, 6) is -0.482. The summed E-state index contributed by atoms with van der Waals surface area (Å²) in [5.41, 5.74) is 1.83. The number of carbonyl (C=O) groups is 2. The lowest BCUT2D eigenvalue weighted by Crippen LogP contribution is -2.17. The molecule has 2 aromatic carbocycles. The van der Waals surface area contributed by atoms with Crippen LogP contribution >= 0.6 is 0 Å². The highest BCUT2D eigenvalue weighted by Crippen LogP contribution is 2.13. The average molecular weight is 370 g/mol. The first-order chi connectivity index (χ1) is 12.8. The topological polar surface area (TPSA) is 52.6 Å². The van der Waals surface area contributed by atoms with Crippen molar-refractivity contribution in [3.8, 4) is 0 Å². The van der Waals surface area contributed by atoms with E-state index in [0.29, 0.717) is 13.2 Å². The molecular weight excluding hydrogens is 340 g/mol. The van der Waals surface area contributed by atoms with E-state index in [1.807, 2.05) is 45.9 Å². The number of ether oxygens (including phenoxy) is 2. The van der Waals surface area contributed by atoms with Gasteiger partial charge < -0.3 is 9.47 Å². The zero-order chi connectivity index (χ0) is 20.2. The maximum absolute atomic E-state index is 12.0. The minimum atomic E-state index is -0.490. The van der Waals surface area contributed by atoms with Crippen LogP contribution in [0, 0.1) is 18.8 Å². The molecule has 146 valence electrons. The van der Waals surface area contributed by atoms with Crippen molar-refractivity contribution in [2.75, 3.05) is 13.2 Å². The monoisotopic (exact) mass is 370 g/mol. The smallest absolute Gasteiger partial charge is 0.339 e. The number of esters is 2. The molecule has 0 aliphatic rings. The molecule has 0 aliphatic carbocycles. The van der Waals surface area contributed by atoms with E-state index in [2.05, 4.69) is 19.1 Å². The standard InChI is InChI=1S/C16H22O4.C7H8/c1-11(2)9-19-15(17)13-7-5-6-8-14(13)16(18)20-10-12(3)4;1-7-5-3-2-4-6-7/h5-8,11-12H,9-10H2,1-4H3;2-6H,1H3. The van der Waals surface area contributed by atoms with Crippen molar-refractivity contribution in [1.82, 2.24) is 0 Å². The van der Waals surface area contributed by atoms with Crippen LogP contribution in [0.25, 0.3) is 0 Å². The summed E-state index contributed by atoms with van der Waals surface area (Å²) in [4.78, 5) is 24.0. The quantitative estimate of drug-likeness (QED) is 0.647. The molecule has 0 unspecified atom stereocenters. The molecule has 0 spiro atoms. The fraction of sp³-hybridized carbons (Fsp3) is 0.391. The Morgan fingerprint density at radius 3 is 1.37 bits per heavy atom. The summed E-state index contributed by atoms with van der Waals surface area (Å²) in [7, 11) is 0. The Kier molecular flexibility index (Phi) is 9.88. The Labute approximate surface area is 162 Å². The van der Waals surface area contributed by atoms with Crippen LogP contribution in [0.5, 0.6) is 0 Å². The van der Waals surface area contributed by atoms with Crippen molar-refractivity contribution in [2.24, 2.45) is 11.8 Å². The molecule has 0 aliphatic heterocycles. The lowest BCUT2D eigenvalue weighted by atomic mass is 10.1. The maximum atomic E-state index is 12.0. The summed E-state index contributed by atoms with van der Waals surface area (Å²) in [6, 6.07) is 16.8. The molecule has 4 nitrogen and oxygen atoms in total. The van der Waals surface area contributed by atoms with Crippen LogP contribution in [0.15, 0.2) is 54.6 Å². The predicted octanol–water partition coefficient (Wildman–Crippen LogP) is 5.31. The highest BCUT2D eigenvalue weighted by Gasteiger charge is 2.19. The van der Waals surface area contributed by atoms with Gasteiger partial charge in [0.15, 0.2) is 0 Å². The molecule has 0 N–H and O–H groups in total. The first-order valence-corrected chi connectivity index (χ1v) is 9.26. The normalized spacial score (nSPS) is 10.2. The second kappa shape index (κ2) is 11.9. The van der Waals surface area contributed by atoms with E-state index in [4.69, 9.17) is 9.47 Å². The van der Waals surface area contributed by atoms with Crippen molar-refractivity contribution in [3.05, 3.63) is 71.3 Å². The van der Waals surface area contributed by atoms with E-state index >= 15 is 0 Å². The molecule has 2 aromatic rings. The van der Waals surface area contributed by atoms with Crippen molar-refractivity contribution >= 4 is 11.9 Å². The molecule has 27 heavy (non-hydrogen) atoms. The Balaban J connectivity index is 0.000000433. The third kappa shape index (κ3) is 9.04. The minimum Gasteiger partial charge on any atom is -0.462 e. The summed E-state index contributed by atoms with van der Waals surface area (Å²) in [6.07, 6.45) is 0. The second-order valence-corrected chi connectivity index (χ2v) is 7.18. The largest absolute Gasteiger partial charge is 0.462 e. The number of aryl methyl sites for hydroxylation is 1. The lowest BCUT2D eigenvalue weighted by molar-refractivity contribution is 0.0412. The van der Waals surface area contributed by atoms with Crippen LogP contribution in [0.4, 0.5) is 0 Å². The van der Waals surface area contributed by atoms with Gasteiger partial charge in [0.1, 0.15) is 0 Å². The zero-order valence-electron chi connectivity index (χ0n) is 16.9. The lowest BCUT2D eigenvalue weighted by Gasteiger charge is -2.11. The Morgan fingerprint density at radius 1 is 0.704 bits per heavy atom. The molecular formula is C23H30O4. The van der Waals surface area contributed by atoms with Crippen molar-refractivity contribution < 1.29 is 19.1 Å². The average Bonchev–Trinajstić information content (AvgIpc) is 2.65. The summed E-state index contributed by atoms with van der Waals surface area (Å²) in [5, 5.41) is 0. The molecule has 0 aromatic heterocycles. The van der Waals surface area contributed by atoms with E-state index < -0.39 is 11.9 Å².